The molecular weight excluding hydrogens is 474 g/mol. The van der Waals surface area contributed by atoms with Crippen molar-refractivity contribution in [2.75, 3.05) is 21.3 Å². The first-order chi connectivity index (χ1) is 15.5. The van der Waals surface area contributed by atoms with Crippen molar-refractivity contribution in [1.82, 2.24) is 4.98 Å². The molecule has 1 aromatic heterocycles. The minimum Gasteiger partial charge on any atom is -0.493 e. The van der Waals surface area contributed by atoms with Crippen LogP contribution in [0.5, 0.6) is 17.2 Å². The van der Waals surface area contributed by atoms with Crippen LogP contribution in [0.2, 0.25) is 0 Å². The lowest BCUT2D eigenvalue weighted by Crippen LogP contribution is -2.05. The highest BCUT2D eigenvalue weighted by atomic mass is 79.9. The highest BCUT2D eigenvalue weighted by molar-refractivity contribution is 9.10. The number of hydrogen-bond acceptors (Lipinski definition) is 6. The SMILES string of the molecule is COc1cc(C(=O)C(=Cc2cccc(Br)c2)c2nc3ccccc3o2)cc(OC)c1OC. The quantitative estimate of drug-likeness (QED) is 0.231. The third-order valence-corrected chi connectivity index (χ3v) is 5.35. The minimum absolute atomic E-state index is 0.227. The van der Waals surface area contributed by atoms with Gasteiger partial charge in [0, 0.05) is 10.0 Å². The van der Waals surface area contributed by atoms with Crippen LogP contribution < -0.4 is 14.2 Å². The van der Waals surface area contributed by atoms with Gasteiger partial charge < -0.3 is 18.6 Å². The minimum atomic E-state index is -0.296. The molecule has 7 heteroatoms. The molecule has 0 radical (unpaired) electrons. The molecular formula is C25H20BrNO5. The molecule has 6 nitrogen and oxygen atoms in total. The van der Waals surface area contributed by atoms with Crippen LogP contribution in [-0.4, -0.2) is 32.1 Å². The Morgan fingerprint density at radius 3 is 2.28 bits per heavy atom. The van der Waals surface area contributed by atoms with Crippen molar-refractivity contribution in [2.24, 2.45) is 0 Å². The van der Waals surface area contributed by atoms with Crippen LogP contribution in [0.3, 0.4) is 0 Å². The van der Waals surface area contributed by atoms with Gasteiger partial charge in [0.25, 0.3) is 0 Å². The number of rotatable bonds is 7. The Hall–Kier alpha value is -3.58. The second-order valence-electron chi connectivity index (χ2n) is 6.84. The van der Waals surface area contributed by atoms with E-state index in [1.54, 1.807) is 18.2 Å². The summed E-state index contributed by atoms with van der Waals surface area (Å²) in [5, 5.41) is 0. The van der Waals surface area contributed by atoms with Crippen LogP contribution in [0.4, 0.5) is 0 Å². The first kappa shape index (κ1) is 21.6. The molecule has 0 fully saturated rings. The van der Waals surface area contributed by atoms with Gasteiger partial charge in [-0.05, 0) is 48.0 Å². The van der Waals surface area contributed by atoms with Gasteiger partial charge in [-0.1, -0.05) is 40.2 Å². The van der Waals surface area contributed by atoms with Gasteiger partial charge in [-0.3, -0.25) is 4.79 Å². The van der Waals surface area contributed by atoms with E-state index in [1.165, 1.54) is 21.3 Å². The molecule has 4 aromatic rings. The van der Waals surface area contributed by atoms with Crippen molar-refractivity contribution in [1.29, 1.82) is 0 Å². The van der Waals surface area contributed by atoms with Crippen LogP contribution >= 0.6 is 15.9 Å². The maximum Gasteiger partial charge on any atom is 0.231 e. The van der Waals surface area contributed by atoms with Gasteiger partial charge in [-0.15, -0.1) is 0 Å². The maximum absolute atomic E-state index is 13.7. The Morgan fingerprint density at radius 2 is 1.66 bits per heavy atom. The zero-order valence-electron chi connectivity index (χ0n) is 17.7. The monoisotopic (exact) mass is 493 g/mol. The lowest BCUT2D eigenvalue weighted by molar-refractivity contribution is 0.105. The summed E-state index contributed by atoms with van der Waals surface area (Å²) in [7, 11) is 4.52. The van der Waals surface area contributed by atoms with E-state index in [-0.39, 0.29) is 11.7 Å². The van der Waals surface area contributed by atoms with Gasteiger partial charge >= 0.3 is 0 Å². The summed E-state index contributed by atoms with van der Waals surface area (Å²) in [6.07, 6.45) is 1.75. The number of allylic oxidation sites excluding steroid dienone is 1. The number of para-hydroxylation sites is 2. The summed E-state index contributed by atoms with van der Waals surface area (Å²) in [6, 6.07) is 18.2. The molecule has 0 saturated carbocycles. The third kappa shape index (κ3) is 4.24. The number of ether oxygens (including phenoxy) is 3. The Morgan fingerprint density at radius 1 is 0.938 bits per heavy atom. The Balaban J connectivity index is 1.89. The fraction of sp³-hybridized carbons (Fsp3) is 0.120. The number of fused-ring (bicyclic) bond motifs is 1. The van der Waals surface area contributed by atoms with Crippen LogP contribution in [0.15, 0.2) is 69.6 Å². The summed E-state index contributed by atoms with van der Waals surface area (Å²) in [5.74, 6) is 1.11. The fourth-order valence-corrected chi connectivity index (χ4v) is 3.76. The molecule has 4 rings (SSSR count). The van der Waals surface area contributed by atoms with Gasteiger partial charge in [0.05, 0.1) is 26.9 Å². The van der Waals surface area contributed by atoms with Gasteiger partial charge in [-0.25, -0.2) is 4.98 Å². The summed E-state index contributed by atoms with van der Waals surface area (Å²) < 4.78 is 23.0. The maximum atomic E-state index is 13.7. The van der Waals surface area contributed by atoms with Gasteiger partial charge in [0.2, 0.25) is 11.6 Å². The van der Waals surface area contributed by atoms with Crippen molar-refractivity contribution in [3.05, 3.63) is 82.2 Å². The average Bonchev–Trinajstić information content (AvgIpc) is 3.25. The predicted octanol–water partition coefficient (Wildman–Crippen LogP) is 6.04. The van der Waals surface area contributed by atoms with Crippen molar-refractivity contribution >= 4 is 44.5 Å². The molecule has 0 amide bonds. The first-order valence-corrected chi connectivity index (χ1v) is 10.5. The van der Waals surface area contributed by atoms with Gasteiger partial charge in [0.1, 0.15) is 5.52 Å². The first-order valence-electron chi connectivity index (χ1n) is 9.72. The lowest BCUT2D eigenvalue weighted by atomic mass is 10.00. The molecule has 0 N–H and O–H groups in total. The standard InChI is InChI=1S/C25H20BrNO5/c1-29-21-13-16(14-22(30-2)24(21)31-3)23(28)18(12-15-7-6-8-17(26)11-15)25-27-19-9-4-5-10-20(19)32-25/h4-14H,1-3H3. The molecule has 0 aliphatic carbocycles. The van der Waals surface area contributed by atoms with E-state index in [1.807, 2.05) is 48.5 Å². The molecule has 1 heterocycles. The van der Waals surface area contributed by atoms with E-state index >= 15 is 0 Å². The van der Waals surface area contributed by atoms with Crippen LogP contribution in [0.1, 0.15) is 21.8 Å². The third-order valence-electron chi connectivity index (χ3n) is 4.86. The molecule has 0 atom stereocenters. The summed E-state index contributed by atoms with van der Waals surface area (Å²) in [6.45, 7) is 0. The van der Waals surface area contributed by atoms with E-state index in [2.05, 4.69) is 20.9 Å². The predicted molar refractivity (Wildman–Crippen MR) is 126 cm³/mol. The van der Waals surface area contributed by atoms with Gasteiger partial charge in [-0.2, -0.15) is 0 Å². The number of nitrogens with zero attached hydrogens (tertiary/aromatic N) is 1. The van der Waals surface area contributed by atoms with E-state index in [0.29, 0.717) is 39.5 Å². The zero-order valence-corrected chi connectivity index (χ0v) is 19.3. The highest BCUT2D eigenvalue weighted by Crippen LogP contribution is 2.39. The number of halogens is 1. The second kappa shape index (κ2) is 9.28. The van der Waals surface area contributed by atoms with Gasteiger partial charge in [0.15, 0.2) is 22.9 Å². The number of benzene rings is 3. The average molecular weight is 494 g/mol. The largest absolute Gasteiger partial charge is 0.493 e. The van der Waals surface area contributed by atoms with Crippen molar-refractivity contribution in [2.45, 2.75) is 0 Å². The molecule has 0 aliphatic heterocycles. The molecule has 32 heavy (non-hydrogen) atoms. The van der Waals surface area contributed by atoms with E-state index in [0.717, 1.165) is 10.0 Å². The van der Waals surface area contributed by atoms with E-state index in [9.17, 15) is 4.79 Å². The Bertz CT molecular complexity index is 1270. The molecule has 0 bridgehead atoms. The van der Waals surface area contributed by atoms with Crippen LogP contribution in [-0.2, 0) is 0 Å². The smallest absolute Gasteiger partial charge is 0.231 e. The number of methoxy groups -OCH3 is 3. The number of carbonyl (C=O) groups is 1. The van der Waals surface area contributed by atoms with Crippen LogP contribution in [0, 0.1) is 0 Å². The molecule has 0 saturated heterocycles. The number of oxazole rings is 1. The fourth-order valence-electron chi connectivity index (χ4n) is 3.34. The number of aromatic nitrogens is 1. The Labute approximate surface area is 193 Å². The van der Waals surface area contributed by atoms with E-state index < -0.39 is 0 Å². The number of Topliss-reactive ketones (excluding diaryl/α,β-unsaturated/α-hetero) is 1. The van der Waals surface area contributed by atoms with E-state index in [4.69, 9.17) is 18.6 Å². The Kier molecular flexibility index (Phi) is 6.28. The van der Waals surface area contributed by atoms with Crippen molar-refractivity contribution < 1.29 is 23.4 Å². The second-order valence-corrected chi connectivity index (χ2v) is 7.76. The summed E-state index contributed by atoms with van der Waals surface area (Å²) in [5.41, 5.74) is 2.73. The number of ketones is 1. The summed E-state index contributed by atoms with van der Waals surface area (Å²) >= 11 is 3.47. The molecule has 0 aliphatic rings. The van der Waals surface area contributed by atoms with Crippen molar-refractivity contribution in [3.63, 3.8) is 0 Å². The molecule has 0 spiro atoms. The summed E-state index contributed by atoms with van der Waals surface area (Å²) in [4.78, 5) is 18.3. The normalized spacial score (nSPS) is 11.4. The van der Waals surface area contributed by atoms with Crippen LogP contribution in [0.25, 0.3) is 22.7 Å². The zero-order chi connectivity index (χ0) is 22.7. The topological polar surface area (TPSA) is 70.8 Å². The molecule has 0 unspecified atom stereocenters. The number of hydrogen-bond donors (Lipinski definition) is 0. The molecule has 3 aromatic carbocycles. The highest BCUT2D eigenvalue weighted by Gasteiger charge is 2.24. The molecule has 162 valence electrons. The number of carbonyl (C=O) groups excluding carboxylic acids is 1. The lowest BCUT2D eigenvalue weighted by Gasteiger charge is -2.14. The van der Waals surface area contributed by atoms with Crippen molar-refractivity contribution in [3.8, 4) is 17.2 Å².